The smallest absolute Gasteiger partial charge is 0.321 e. The third-order valence-electron chi connectivity index (χ3n) is 4.48. The lowest BCUT2D eigenvalue weighted by atomic mass is 9.97. The lowest BCUT2D eigenvalue weighted by Crippen LogP contribution is -2.43. The van der Waals surface area contributed by atoms with E-state index in [1.165, 1.54) is 35.0 Å². The molecule has 0 saturated heterocycles. The third kappa shape index (κ3) is 4.35. The Hall–Kier alpha value is -1.67. The van der Waals surface area contributed by atoms with Gasteiger partial charge in [-0.25, -0.2) is 14.8 Å². The van der Waals surface area contributed by atoms with Gasteiger partial charge in [0.15, 0.2) is 0 Å². The summed E-state index contributed by atoms with van der Waals surface area (Å²) < 4.78 is 0. The largest absolute Gasteiger partial charge is 0.335 e. The van der Waals surface area contributed by atoms with E-state index in [1.54, 1.807) is 11.3 Å². The van der Waals surface area contributed by atoms with E-state index in [2.05, 4.69) is 20.6 Å². The second-order valence-electron chi connectivity index (χ2n) is 6.59. The maximum Gasteiger partial charge on any atom is 0.321 e. The van der Waals surface area contributed by atoms with Gasteiger partial charge >= 0.3 is 6.03 Å². The van der Waals surface area contributed by atoms with Gasteiger partial charge in [0.2, 0.25) is 5.91 Å². The molecule has 2 N–H and O–H groups in total. The summed E-state index contributed by atoms with van der Waals surface area (Å²) in [7, 11) is 0. The summed E-state index contributed by atoms with van der Waals surface area (Å²) in [5.74, 6) is 0.558. The molecule has 6 nitrogen and oxygen atoms in total. The van der Waals surface area contributed by atoms with Gasteiger partial charge in [0.05, 0.1) is 5.75 Å². The van der Waals surface area contributed by atoms with E-state index in [9.17, 15) is 9.59 Å². The highest BCUT2D eigenvalue weighted by atomic mass is 32.2. The van der Waals surface area contributed by atoms with Crippen LogP contribution in [0.25, 0.3) is 10.2 Å². The molecule has 0 aromatic carbocycles. The molecule has 1 atom stereocenters. The van der Waals surface area contributed by atoms with Crippen LogP contribution in [0.1, 0.15) is 49.4 Å². The normalized spacial score (nSPS) is 14.7. The molecule has 0 spiro atoms. The number of thiophene rings is 1. The minimum Gasteiger partial charge on any atom is -0.335 e. The number of aryl methyl sites for hydroxylation is 3. The Morgan fingerprint density at radius 2 is 2.04 bits per heavy atom. The van der Waals surface area contributed by atoms with Crippen LogP contribution in [0.15, 0.2) is 5.03 Å². The van der Waals surface area contributed by atoms with Gasteiger partial charge < -0.3 is 5.32 Å². The SMILES string of the molecule is CC[C@H](C)NC(=O)NC(=O)CSc1nc(C)nc2sc3c(c12)CCCC3. The third-order valence-corrected chi connectivity index (χ3v) is 6.64. The summed E-state index contributed by atoms with van der Waals surface area (Å²) in [5.41, 5.74) is 1.36. The van der Waals surface area contributed by atoms with Crippen molar-refractivity contribution in [3.63, 3.8) is 0 Å². The lowest BCUT2D eigenvalue weighted by Gasteiger charge is -2.12. The number of fused-ring (bicyclic) bond motifs is 3. The quantitative estimate of drug-likeness (QED) is 0.600. The van der Waals surface area contributed by atoms with Crippen molar-refractivity contribution in [1.29, 1.82) is 0 Å². The Balaban J connectivity index is 1.71. The highest BCUT2D eigenvalue weighted by molar-refractivity contribution is 8.00. The summed E-state index contributed by atoms with van der Waals surface area (Å²) in [6.07, 6.45) is 5.39. The molecule has 2 heterocycles. The minimum atomic E-state index is -0.443. The summed E-state index contributed by atoms with van der Waals surface area (Å²) in [6.45, 7) is 5.76. The molecule has 0 unspecified atom stereocenters. The second kappa shape index (κ2) is 8.35. The highest BCUT2D eigenvalue weighted by Crippen LogP contribution is 2.39. The zero-order valence-corrected chi connectivity index (χ0v) is 17.0. The van der Waals surface area contributed by atoms with Crippen molar-refractivity contribution in [1.82, 2.24) is 20.6 Å². The molecule has 0 bridgehead atoms. The van der Waals surface area contributed by atoms with E-state index in [-0.39, 0.29) is 17.7 Å². The van der Waals surface area contributed by atoms with Gasteiger partial charge in [-0.05, 0) is 51.5 Å². The van der Waals surface area contributed by atoms with E-state index in [0.717, 1.165) is 34.5 Å². The van der Waals surface area contributed by atoms with Gasteiger partial charge in [0.25, 0.3) is 0 Å². The van der Waals surface area contributed by atoms with Crippen LogP contribution < -0.4 is 10.6 Å². The summed E-state index contributed by atoms with van der Waals surface area (Å²) in [6, 6.07) is -0.404. The molecule has 26 heavy (non-hydrogen) atoms. The van der Waals surface area contributed by atoms with Gasteiger partial charge in [-0.15, -0.1) is 11.3 Å². The number of urea groups is 1. The number of hydrogen-bond donors (Lipinski definition) is 2. The number of amides is 3. The van der Waals surface area contributed by atoms with E-state index in [1.807, 2.05) is 20.8 Å². The molecule has 0 aliphatic heterocycles. The van der Waals surface area contributed by atoms with Crippen LogP contribution in [0, 0.1) is 6.92 Å². The molecule has 3 rings (SSSR count). The predicted octanol–water partition coefficient (Wildman–Crippen LogP) is 3.59. The molecular weight excluding hydrogens is 368 g/mol. The Bertz CT molecular complexity index is 834. The van der Waals surface area contributed by atoms with Crippen molar-refractivity contribution in [3.8, 4) is 0 Å². The van der Waals surface area contributed by atoms with Crippen molar-refractivity contribution >= 4 is 45.3 Å². The average molecular weight is 393 g/mol. The maximum absolute atomic E-state index is 12.1. The first-order valence-electron chi connectivity index (χ1n) is 9.00. The fourth-order valence-corrected chi connectivity index (χ4v) is 5.26. The van der Waals surface area contributed by atoms with Crippen LogP contribution in [-0.2, 0) is 17.6 Å². The molecule has 2 aromatic rings. The molecule has 8 heteroatoms. The van der Waals surface area contributed by atoms with Crippen LogP contribution in [0.3, 0.4) is 0 Å². The summed E-state index contributed by atoms with van der Waals surface area (Å²) in [4.78, 5) is 35.5. The molecule has 1 aliphatic carbocycles. The first-order valence-corrected chi connectivity index (χ1v) is 10.8. The molecular formula is C18H24N4O2S2. The molecule has 1 aliphatic rings. The number of thioether (sulfide) groups is 1. The Morgan fingerprint density at radius 1 is 1.27 bits per heavy atom. The topological polar surface area (TPSA) is 84.0 Å². The molecule has 0 fully saturated rings. The maximum atomic E-state index is 12.1. The van der Waals surface area contributed by atoms with Gasteiger partial charge in [-0.1, -0.05) is 18.7 Å². The van der Waals surface area contributed by atoms with Crippen LogP contribution in [0.4, 0.5) is 4.79 Å². The molecule has 0 radical (unpaired) electrons. The zero-order valence-electron chi connectivity index (χ0n) is 15.3. The number of carbonyl (C=O) groups excluding carboxylic acids is 2. The highest BCUT2D eigenvalue weighted by Gasteiger charge is 2.21. The first kappa shape index (κ1) is 19.1. The number of nitrogens with one attached hydrogen (secondary N) is 2. The molecule has 140 valence electrons. The fourth-order valence-electron chi connectivity index (χ4n) is 2.99. The zero-order chi connectivity index (χ0) is 18.7. The molecule has 2 aromatic heterocycles. The van der Waals surface area contributed by atoms with Crippen LogP contribution in [0.5, 0.6) is 0 Å². The van der Waals surface area contributed by atoms with Crippen LogP contribution >= 0.6 is 23.1 Å². The van der Waals surface area contributed by atoms with E-state index >= 15 is 0 Å². The van der Waals surface area contributed by atoms with E-state index < -0.39 is 6.03 Å². The average Bonchev–Trinajstić information content (AvgIpc) is 2.97. The Labute approximate surface area is 161 Å². The van der Waals surface area contributed by atoms with Crippen molar-refractivity contribution in [2.45, 2.75) is 63.9 Å². The fraction of sp³-hybridized carbons (Fsp3) is 0.556. The van der Waals surface area contributed by atoms with E-state index in [0.29, 0.717) is 5.82 Å². The van der Waals surface area contributed by atoms with Gasteiger partial charge in [-0.2, -0.15) is 0 Å². The molecule has 3 amide bonds. The van der Waals surface area contributed by atoms with E-state index in [4.69, 9.17) is 0 Å². The van der Waals surface area contributed by atoms with Crippen molar-refractivity contribution in [2.75, 3.05) is 5.75 Å². The number of nitrogens with zero attached hydrogens (tertiary/aromatic N) is 2. The van der Waals surface area contributed by atoms with Gasteiger partial charge in [0, 0.05) is 16.3 Å². The number of rotatable bonds is 5. The Kier molecular flexibility index (Phi) is 6.13. The number of hydrogen-bond acceptors (Lipinski definition) is 6. The number of imide groups is 1. The lowest BCUT2D eigenvalue weighted by molar-refractivity contribution is -0.117. The molecule has 0 saturated carbocycles. The summed E-state index contributed by atoms with van der Waals surface area (Å²) in [5, 5.41) is 7.07. The van der Waals surface area contributed by atoms with Crippen molar-refractivity contribution < 1.29 is 9.59 Å². The standard InChI is InChI=1S/C18H24N4O2S2/c1-4-10(2)19-18(24)22-14(23)9-25-16-15-12-7-5-6-8-13(12)26-17(15)21-11(3)20-16/h10H,4-9H2,1-3H3,(H2,19,22,23,24)/t10-/m0/s1. The van der Waals surface area contributed by atoms with Crippen LogP contribution in [0.2, 0.25) is 0 Å². The van der Waals surface area contributed by atoms with Crippen molar-refractivity contribution in [3.05, 3.63) is 16.3 Å². The summed E-state index contributed by atoms with van der Waals surface area (Å²) >= 11 is 3.13. The van der Waals surface area contributed by atoms with Gasteiger partial charge in [0.1, 0.15) is 15.7 Å². The first-order chi connectivity index (χ1) is 12.5. The second-order valence-corrected chi connectivity index (χ2v) is 8.63. The van der Waals surface area contributed by atoms with Gasteiger partial charge in [-0.3, -0.25) is 10.1 Å². The predicted molar refractivity (Wildman–Crippen MR) is 106 cm³/mol. The minimum absolute atomic E-state index is 0.0388. The van der Waals surface area contributed by atoms with Crippen LogP contribution in [-0.4, -0.2) is 33.7 Å². The Morgan fingerprint density at radius 3 is 2.81 bits per heavy atom. The van der Waals surface area contributed by atoms with Crippen molar-refractivity contribution in [2.24, 2.45) is 0 Å². The number of aromatic nitrogens is 2. The number of carbonyl (C=O) groups is 2. The monoisotopic (exact) mass is 392 g/mol.